The van der Waals surface area contributed by atoms with Crippen LogP contribution in [0.1, 0.15) is 31.3 Å². The van der Waals surface area contributed by atoms with E-state index in [2.05, 4.69) is 10.3 Å². The largest absolute Gasteiger partial charge is 0.477 e. The third-order valence-electron chi connectivity index (χ3n) is 2.32. The molecule has 6 heteroatoms. The molecule has 0 saturated carbocycles. The lowest BCUT2D eigenvalue weighted by molar-refractivity contribution is -0.120. The van der Waals surface area contributed by atoms with Gasteiger partial charge >= 0.3 is 5.97 Å². The molecule has 104 valence electrons. The summed E-state index contributed by atoms with van der Waals surface area (Å²) in [6.07, 6.45) is 1.44. The van der Waals surface area contributed by atoms with Crippen LogP contribution in [-0.4, -0.2) is 33.8 Å². The monoisotopic (exact) mass is 282 g/mol. The molecular weight excluding hydrogens is 264 g/mol. The van der Waals surface area contributed by atoms with Crippen molar-refractivity contribution in [3.05, 3.63) is 24.0 Å². The second kappa shape index (κ2) is 7.13. The molecule has 0 fully saturated rings. The average molecular weight is 282 g/mol. The molecule has 0 bridgehead atoms. The van der Waals surface area contributed by atoms with Crippen LogP contribution in [0.25, 0.3) is 0 Å². The highest BCUT2D eigenvalue weighted by Gasteiger charge is 2.15. The zero-order chi connectivity index (χ0) is 14.4. The van der Waals surface area contributed by atoms with Gasteiger partial charge in [0, 0.05) is 17.6 Å². The summed E-state index contributed by atoms with van der Waals surface area (Å²) in [7, 11) is 0. The molecule has 2 N–H and O–H groups in total. The molecule has 0 aliphatic heterocycles. The maximum absolute atomic E-state index is 11.8. The minimum Gasteiger partial charge on any atom is -0.477 e. The van der Waals surface area contributed by atoms with Crippen molar-refractivity contribution in [3.63, 3.8) is 0 Å². The third-order valence-corrected chi connectivity index (χ3v) is 3.41. The highest BCUT2D eigenvalue weighted by Crippen LogP contribution is 2.23. The van der Waals surface area contributed by atoms with Crippen LogP contribution in [0.5, 0.6) is 0 Å². The van der Waals surface area contributed by atoms with E-state index in [0.717, 1.165) is 4.90 Å². The maximum atomic E-state index is 11.8. The minimum absolute atomic E-state index is 0.0141. The molecule has 1 aromatic heterocycles. The zero-order valence-corrected chi connectivity index (χ0v) is 12.0. The number of thioether (sulfide) groups is 1. The first-order valence-electron chi connectivity index (χ1n) is 6.04. The van der Waals surface area contributed by atoms with Crippen LogP contribution in [0.3, 0.4) is 0 Å². The SMILES string of the molecule is CC(C)CNC(=O)C(C)Sc1ccnc(C(=O)O)c1. The summed E-state index contributed by atoms with van der Waals surface area (Å²) in [5, 5.41) is 11.4. The predicted octanol–water partition coefficient (Wildman–Crippen LogP) is 2.03. The van der Waals surface area contributed by atoms with E-state index in [4.69, 9.17) is 5.11 Å². The first-order valence-corrected chi connectivity index (χ1v) is 6.92. The number of hydrogen-bond donors (Lipinski definition) is 2. The number of nitrogens with zero attached hydrogens (tertiary/aromatic N) is 1. The van der Waals surface area contributed by atoms with Crippen molar-refractivity contribution >= 4 is 23.6 Å². The molecule has 19 heavy (non-hydrogen) atoms. The van der Waals surface area contributed by atoms with Gasteiger partial charge in [-0.3, -0.25) is 4.79 Å². The molecule has 0 spiro atoms. The summed E-state index contributed by atoms with van der Waals surface area (Å²) >= 11 is 1.32. The fraction of sp³-hybridized carbons (Fsp3) is 0.462. The number of aromatic carboxylic acids is 1. The first kappa shape index (κ1) is 15.5. The fourth-order valence-corrected chi connectivity index (χ4v) is 2.23. The van der Waals surface area contributed by atoms with Gasteiger partial charge in [-0.15, -0.1) is 11.8 Å². The summed E-state index contributed by atoms with van der Waals surface area (Å²) in [5.41, 5.74) is -0.0141. The number of hydrogen-bond acceptors (Lipinski definition) is 4. The lowest BCUT2D eigenvalue weighted by Crippen LogP contribution is -2.33. The molecule has 0 aromatic carbocycles. The van der Waals surface area contributed by atoms with Gasteiger partial charge in [0.15, 0.2) is 0 Å². The van der Waals surface area contributed by atoms with Crippen LogP contribution in [-0.2, 0) is 4.79 Å². The lowest BCUT2D eigenvalue weighted by Gasteiger charge is -2.13. The lowest BCUT2D eigenvalue weighted by atomic mass is 10.2. The van der Waals surface area contributed by atoms with Crippen molar-refractivity contribution < 1.29 is 14.7 Å². The van der Waals surface area contributed by atoms with Gasteiger partial charge in [-0.2, -0.15) is 0 Å². The number of nitrogens with one attached hydrogen (secondary N) is 1. The molecule has 1 unspecified atom stereocenters. The second-order valence-corrected chi connectivity index (χ2v) is 6.00. The van der Waals surface area contributed by atoms with E-state index in [0.29, 0.717) is 12.5 Å². The molecule has 1 heterocycles. The molecule has 0 saturated heterocycles. The van der Waals surface area contributed by atoms with Crippen molar-refractivity contribution in [3.8, 4) is 0 Å². The van der Waals surface area contributed by atoms with Crippen molar-refractivity contribution in [2.24, 2.45) is 5.92 Å². The third kappa shape index (κ3) is 5.30. The summed E-state index contributed by atoms with van der Waals surface area (Å²) in [5.74, 6) is -0.715. The maximum Gasteiger partial charge on any atom is 0.354 e. The van der Waals surface area contributed by atoms with Gasteiger partial charge in [0.2, 0.25) is 5.91 Å². The van der Waals surface area contributed by atoms with Crippen LogP contribution in [0.15, 0.2) is 23.2 Å². The molecule has 0 aliphatic carbocycles. The minimum atomic E-state index is -1.07. The van der Waals surface area contributed by atoms with Crippen LogP contribution >= 0.6 is 11.8 Å². The van der Waals surface area contributed by atoms with E-state index in [9.17, 15) is 9.59 Å². The Labute approximate surface area is 116 Å². The standard InChI is InChI=1S/C13H18N2O3S/c1-8(2)7-15-12(16)9(3)19-10-4-5-14-11(6-10)13(17)18/h4-6,8-9H,7H2,1-3H3,(H,15,16)(H,17,18). The molecule has 0 aliphatic rings. The van der Waals surface area contributed by atoms with E-state index in [1.165, 1.54) is 24.0 Å². The molecule has 1 aromatic rings. The van der Waals surface area contributed by atoms with Crippen molar-refractivity contribution in [2.75, 3.05) is 6.54 Å². The van der Waals surface area contributed by atoms with Gasteiger partial charge in [0.1, 0.15) is 5.69 Å². The molecule has 1 amide bonds. The Hall–Kier alpha value is -1.56. The molecular formula is C13H18N2O3S. The Kier molecular flexibility index (Phi) is 5.82. The second-order valence-electron chi connectivity index (χ2n) is 4.58. The molecule has 0 radical (unpaired) electrons. The van der Waals surface area contributed by atoms with Crippen molar-refractivity contribution in [1.29, 1.82) is 0 Å². The van der Waals surface area contributed by atoms with Gasteiger partial charge in [-0.05, 0) is 25.0 Å². The molecule has 1 atom stereocenters. The summed E-state index contributed by atoms with van der Waals surface area (Å²) in [6, 6.07) is 3.17. The van der Waals surface area contributed by atoms with E-state index in [1.807, 2.05) is 13.8 Å². The number of carboxylic acids is 1. The molecule has 5 nitrogen and oxygen atoms in total. The fourth-order valence-electron chi connectivity index (χ4n) is 1.31. The average Bonchev–Trinajstić information content (AvgIpc) is 2.36. The van der Waals surface area contributed by atoms with Gasteiger partial charge in [0.05, 0.1) is 5.25 Å². The Morgan fingerprint density at radius 3 is 2.68 bits per heavy atom. The summed E-state index contributed by atoms with van der Waals surface area (Å²) in [6.45, 7) is 6.49. The van der Waals surface area contributed by atoms with Crippen LogP contribution in [0.2, 0.25) is 0 Å². The number of rotatable bonds is 6. The summed E-state index contributed by atoms with van der Waals surface area (Å²) in [4.78, 5) is 27.1. The van der Waals surface area contributed by atoms with E-state index in [1.54, 1.807) is 13.0 Å². The number of carbonyl (C=O) groups is 2. The van der Waals surface area contributed by atoms with E-state index >= 15 is 0 Å². The topological polar surface area (TPSA) is 79.3 Å². The van der Waals surface area contributed by atoms with Gasteiger partial charge in [-0.1, -0.05) is 13.8 Å². The first-order chi connectivity index (χ1) is 8.90. The highest BCUT2D eigenvalue weighted by molar-refractivity contribution is 8.00. The van der Waals surface area contributed by atoms with Crippen molar-refractivity contribution in [1.82, 2.24) is 10.3 Å². The Bertz CT molecular complexity index is 463. The summed E-state index contributed by atoms with van der Waals surface area (Å²) < 4.78 is 0. The number of carbonyl (C=O) groups excluding carboxylic acids is 1. The Morgan fingerprint density at radius 2 is 2.11 bits per heavy atom. The smallest absolute Gasteiger partial charge is 0.354 e. The van der Waals surface area contributed by atoms with Crippen LogP contribution in [0, 0.1) is 5.92 Å². The van der Waals surface area contributed by atoms with E-state index < -0.39 is 5.97 Å². The number of pyridine rings is 1. The van der Waals surface area contributed by atoms with Gasteiger partial charge in [0.25, 0.3) is 0 Å². The number of carboxylic acid groups (broad SMARTS) is 1. The predicted molar refractivity (Wildman–Crippen MR) is 74.4 cm³/mol. The van der Waals surface area contributed by atoms with Gasteiger partial charge < -0.3 is 10.4 Å². The van der Waals surface area contributed by atoms with Crippen molar-refractivity contribution in [2.45, 2.75) is 30.9 Å². The number of aromatic nitrogens is 1. The highest BCUT2D eigenvalue weighted by atomic mass is 32.2. The van der Waals surface area contributed by atoms with E-state index in [-0.39, 0.29) is 16.9 Å². The van der Waals surface area contributed by atoms with Crippen LogP contribution < -0.4 is 5.32 Å². The number of amides is 1. The quantitative estimate of drug-likeness (QED) is 0.780. The zero-order valence-electron chi connectivity index (χ0n) is 11.2. The van der Waals surface area contributed by atoms with Crippen LogP contribution in [0.4, 0.5) is 0 Å². The Balaban J connectivity index is 2.61. The Morgan fingerprint density at radius 1 is 1.42 bits per heavy atom. The van der Waals surface area contributed by atoms with Gasteiger partial charge in [-0.25, -0.2) is 9.78 Å². The molecule has 1 rings (SSSR count). The normalized spacial score (nSPS) is 12.2.